The maximum atomic E-state index is 3.50. The van der Waals surface area contributed by atoms with Crippen molar-refractivity contribution in [2.45, 2.75) is 19.8 Å². The lowest BCUT2D eigenvalue weighted by atomic mass is 9.99. The summed E-state index contributed by atoms with van der Waals surface area (Å²) in [6.07, 6.45) is 2.66. The molecule has 1 aromatic heterocycles. The number of hydrogen-bond donors (Lipinski definition) is 2. The first-order valence-corrected chi connectivity index (χ1v) is 7.25. The number of benzene rings is 1. The van der Waals surface area contributed by atoms with E-state index in [2.05, 4.69) is 53.4 Å². The van der Waals surface area contributed by atoms with E-state index >= 15 is 0 Å². The van der Waals surface area contributed by atoms with Gasteiger partial charge in [-0.25, -0.2) is 0 Å². The van der Waals surface area contributed by atoms with Crippen LogP contribution in [0.5, 0.6) is 0 Å². The Kier molecular flexibility index (Phi) is 3.47. The average molecular weight is 257 g/mol. The van der Waals surface area contributed by atoms with Gasteiger partial charge in [0.1, 0.15) is 0 Å². The SMILES string of the molecule is Cc1[nH]c2ccccc2c1N(C)CC1CCCNC1. The zero-order valence-electron chi connectivity index (χ0n) is 11.9. The van der Waals surface area contributed by atoms with Crippen molar-refractivity contribution in [3.05, 3.63) is 30.0 Å². The molecule has 1 aromatic carbocycles. The first kappa shape index (κ1) is 12.5. The summed E-state index contributed by atoms with van der Waals surface area (Å²) in [5.41, 5.74) is 3.87. The summed E-state index contributed by atoms with van der Waals surface area (Å²) in [5, 5.41) is 4.84. The number of aromatic amines is 1. The molecule has 1 unspecified atom stereocenters. The quantitative estimate of drug-likeness (QED) is 0.886. The van der Waals surface area contributed by atoms with Crippen molar-refractivity contribution in [3.8, 4) is 0 Å². The number of aryl methyl sites for hydroxylation is 1. The van der Waals surface area contributed by atoms with Crippen LogP contribution in [0, 0.1) is 12.8 Å². The van der Waals surface area contributed by atoms with Crippen LogP contribution in [0.2, 0.25) is 0 Å². The molecule has 2 N–H and O–H groups in total. The van der Waals surface area contributed by atoms with Crippen LogP contribution in [0.25, 0.3) is 10.9 Å². The van der Waals surface area contributed by atoms with Gasteiger partial charge in [-0.1, -0.05) is 18.2 Å². The smallest absolute Gasteiger partial charge is 0.0651 e. The number of piperidine rings is 1. The maximum absolute atomic E-state index is 3.50. The molecule has 0 spiro atoms. The van der Waals surface area contributed by atoms with E-state index in [0.29, 0.717) is 0 Å². The summed E-state index contributed by atoms with van der Waals surface area (Å²) in [5.74, 6) is 0.770. The molecule has 1 fully saturated rings. The van der Waals surface area contributed by atoms with Crippen molar-refractivity contribution in [2.75, 3.05) is 31.6 Å². The molecule has 1 aliphatic rings. The Morgan fingerprint density at radius 1 is 1.32 bits per heavy atom. The number of aromatic nitrogens is 1. The Morgan fingerprint density at radius 2 is 2.16 bits per heavy atom. The van der Waals surface area contributed by atoms with Crippen LogP contribution >= 0.6 is 0 Å². The molecule has 19 heavy (non-hydrogen) atoms. The Hall–Kier alpha value is -1.48. The third kappa shape index (κ3) is 2.47. The molecule has 0 amide bonds. The summed E-state index contributed by atoms with van der Waals surface area (Å²) >= 11 is 0. The largest absolute Gasteiger partial charge is 0.372 e. The highest BCUT2D eigenvalue weighted by molar-refractivity contribution is 5.94. The van der Waals surface area contributed by atoms with E-state index in [1.807, 2.05) is 0 Å². The minimum Gasteiger partial charge on any atom is -0.372 e. The molecule has 1 atom stereocenters. The van der Waals surface area contributed by atoms with Crippen molar-refractivity contribution in [1.29, 1.82) is 0 Å². The summed E-state index contributed by atoms with van der Waals surface area (Å²) in [7, 11) is 2.22. The molecule has 0 saturated carbocycles. The van der Waals surface area contributed by atoms with Gasteiger partial charge in [0.2, 0.25) is 0 Å². The molecule has 0 radical (unpaired) electrons. The molecule has 1 aliphatic heterocycles. The number of hydrogen-bond acceptors (Lipinski definition) is 2. The molecular formula is C16H23N3. The lowest BCUT2D eigenvalue weighted by molar-refractivity contribution is 0.381. The van der Waals surface area contributed by atoms with Crippen LogP contribution < -0.4 is 10.2 Å². The van der Waals surface area contributed by atoms with Gasteiger partial charge in [0.05, 0.1) is 5.69 Å². The third-order valence-electron chi connectivity index (χ3n) is 4.17. The number of para-hydroxylation sites is 1. The van der Waals surface area contributed by atoms with Gasteiger partial charge in [-0.3, -0.25) is 0 Å². The predicted molar refractivity (Wildman–Crippen MR) is 81.9 cm³/mol. The number of anilines is 1. The highest BCUT2D eigenvalue weighted by Crippen LogP contribution is 2.30. The average Bonchev–Trinajstić information content (AvgIpc) is 2.75. The van der Waals surface area contributed by atoms with Crippen molar-refractivity contribution >= 4 is 16.6 Å². The topological polar surface area (TPSA) is 31.1 Å². The van der Waals surface area contributed by atoms with Gasteiger partial charge in [-0.05, 0) is 44.8 Å². The number of nitrogens with one attached hydrogen (secondary N) is 2. The zero-order chi connectivity index (χ0) is 13.2. The van der Waals surface area contributed by atoms with Gasteiger partial charge in [-0.15, -0.1) is 0 Å². The summed E-state index contributed by atoms with van der Waals surface area (Å²) in [4.78, 5) is 5.91. The molecule has 3 rings (SSSR count). The number of H-pyrrole nitrogens is 1. The summed E-state index contributed by atoms with van der Waals surface area (Å²) in [6.45, 7) is 5.65. The van der Waals surface area contributed by atoms with Crippen molar-refractivity contribution in [2.24, 2.45) is 5.92 Å². The molecule has 1 saturated heterocycles. The number of rotatable bonds is 3. The zero-order valence-corrected chi connectivity index (χ0v) is 11.9. The Bertz CT molecular complexity index is 552. The van der Waals surface area contributed by atoms with E-state index in [0.717, 1.165) is 19.0 Å². The normalized spacial score (nSPS) is 19.8. The van der Waals surface area contributed by atoms with Crippen LogP contribution in [-0.4, -0.2) is 31.7 Å². The van der Waals surface area contributed by atoms with Gasteiger partial charge >= 0.3 is 0 Å². The molecule has 2 heterocycles. The first-order valence-electron chi connectivity index (χ1n) is 7.25. The van der Waals surface area contributed by atoms with E-state index in [1.165, 1.54) is 41.7 Å². The Balaban J connectivity index is 1.84. The van der Waals surface area contributed by atoms with Gasteiger partial charge in [0.15, 0.2) is 0 Å². The van der Waals surface area contributed by atoms with E-state index < -0.39 is 0 Å². The monoisotopic (exact) mass is 257 g/mol. The second-order valence-corrected chi connectivity index (χ2v) is 5.74. The standard InChI is InChI=1S/C16H23N3/c1-12-16(14-7-3-4-8-15(14)18-12)19(2)11-13-6-5-9-17-10-13/h3-4,7-8,13,17-18H,5-6,9-11H2,1-2H3. The predicted octanol–water partition coefficient (Wildman–Crippen LogP) is 2.91. The lowest BCUT2D eigenvalue weighted by Gasteiger charge is -2.29. The molecule has 3 nitrogen and oxygen atoms in total. The fourth-order valence-corrected chi connectivity index (χ4v) is 3.31. The second-order valence-electron chi connectivity index (χ2n) is 5.74. The molecule has 2 aromatic rings. The van der Waals surface area contributed by atoms with Gasteiger partial charge < -0.3 is 15.2 Å². The van der Waals surface area contributed by atoms with E-state index in [-0.39, 0.29) is 0 Å². The van der Waals surface area contributed by atoms with Crippen LogP contribution in [-0.2, 0) is 0 Å². The van der Waals surface area contributed by atoms with Crippen LogP contribution in [0.1, 0.15) is 18.5 Å². The number of fused-ring (bicyclic) bond motifs is 1. The Morgan fingerprint density at radius 3 is 2.95 bits per heavy atom. The highest BCUT2D eigenvalue weighted by atomic mass is 15.1. The molecule has 0 aliphatic carbocycles. The molecule has 3 heteroatoms. The molecule has 0 bridgehead atoms. The summed E-state index contributed by atoms with van der Waals surface area (Å²) in [6, 6.07) is 8.58. The first-order chi connectivity index (χ1) is 9.25. The molecular weight excluding hydrogens is 234 g/mol. The van der Waals surface area contributed by atoms with Crippen molar-refractivity contribution in [1.82, 2.24) is 10.3 Å². The van der Waals surface area contributed by atoms with Gasteiger partial charge in [-0.2, -0.15) is 0 Å². The molecule has 102 valence electrons. The highest BCUT2D eigenvalue weighted by Gasteiger charge is 2.18. The van der Waals surface area contributed by atoms with Crippen LogP contribution in [0.4, 0.5) is 5.69 Å². The lowest BCUT2D eigenvalue weighted by Crippen LogP contribution is -2.37. The van der Waals surface area contributed by atoms with Crippen molar-refractivity contribution in [3.63, 3.8) is 0 Å². The van der Waals surface area contributed by atoms with Gasteiger partial charge in [0.25, 0.3) is 0 Å². The maximum Gasteiger partial charge on any atom is 0.0651 e. The van der Waals surface area contributed by atoms with E-state index in [4.69, 9.17) is 0 Å². The van der Waals surface area contributed by atoms with E-state index in [9.17, 15) is 0 Å². The van der Waals surface area contributed by atoms with E-state index in [1.54, 1.807) is 0 Å². The van der Waals surface area contributed by atoms with Crippen LogP contribution in [0.15, 0.2) is 24.3 Å². The number of nitrogens with zero attached hydrogens (tertiary/aromatic N) is 1. The van der Waals surface area contributed by atoms with Gasteiger partial charge in [0, 0.05) is 30.2 Å². The second kappa shape index (κ2) is 5.25. The minimum atomic E-state index is 0.770. The minimum absolute atomic E-state index is 0.770. The van der Waals surface area contributed by atoms with Crippen LogP contribution in [0.3, 0.4) is 0 Å². The fraction of sp³-hybridized carbons (Fsp3) is 0.500. The van der Waals surface area contributed by atoms with Crippen molar-refractivity contribution < 1.29 is 0 Å². The third-order valence-corrected chi connectivity index (χ3v) is 4.17. The Labute approximate surface area is 115 Å². The fourth-order valence-electron chi connectivity index (χ4n) is 3.31. The summed E-state index contributed by atoms with van der Waals surface area (Å²) < 4.78 is 0.